The van der Waals surface area contributed by atoms with Gasteiger partial charge in [0.1, 0.15) is 0 Å². The molecule has 0 spiro atoms. The third-order valence-corrected chi connectivity index (χ3v) is 3.76. The van der Waals surface area contributed by atoms with Crippen LogP contribution in [0.3, 0.4) is 0 Å². The summed E-state index contributed by atoms with van der Waals surface area (Å²) in [6, 6.07) is 19.2. The lowest BCUT2D eigenvalue weighted by Crippen LogP contribution is -1.95. The monoisotopic (exact) mass is 320 g/mol. The summed E-state index contributed by atoms with van der Waals surface area (Å²) in [4.78, 5) is 0. The van der Waals surface area contributed by atoms with Gasteiger partial charge in [-0.1, -0.05) is 98.7 Å². The summed E-state index contributed by atoms with van der Waals surface area (Å²) in [6.07, 6.45) is 9.38. The molecule has 2 nitrogen and oxygen atoms in total. The quantitative estimate of drug-likeness (QED) is 0.357. The molecule has 0 bridgehead atoms. The van der Waals surface area contributed by atoms with Gasteiger partial charge < -0.3 is 10.2 Å². The number of aliphatic hydroxyl groups excluding tert-OH is 1. The second-order valence-corrected chi connectivity index (χ2v) is 5.58. The van der Waals surface area contributed by atoms with Gasteiger partial charge in [0.2, 0.25) is 0 Å². The van der Waals surface area contributed by atoms with Crippen LogP contribution in [0.2, 0.25) is 0 Å². The average Bonchev–Trinajstić information content (AvgIpc) is 2.62. The number of hydrogen-bond acceptors (Lipinski definition) is 2. The van der Waals surface area contributed by atoms with Crippen molar-refractivity contribution in [3.63, 3.8) is 0 Å². The molecule has 2 rings (SSSR count). The summed E-state index contributed by atoms with van der Waals surface area (Å²) in [5.41, 5.74) is 2.93. The zero-order valence-corrected chi connectivity index (χ0v) is 14.0. The molecule has 0 saturated carbocycles. The highest BCUT2D eigenvalue weighted by Gasteiger charge is 2.15. The first kappa shape index (κ1) is 17.6. The standard InChI is InChI=1S/C22H24O2/c1-2-3-4-5-12-17-20(18-13-8-6-9-14-18)21(22(23)24)19-15-10-7-11-16-19/h5-17,23-24H,2-4H2,1H3. The molecular weight excluding hydrogens is 296 g/mol. The molecule has 0 aliphatic carbocycles. The molecule has 24 heavy (non-hydrogen) atoms. The second-order valence-electron chi connectivity index (χ2n) is 5.58. The molecule has 0 aliphatic rings. The highest BCUT2D eigenvalue weighted by atomic mass is 16.5. The van der Waals surface area contributed by atoms with Crippen LogP contribution in [0.5, 0.6) is 0 Å². The van der Waals surface area contributed by atoms with E-state index in [4.69, 9.17) is 0 Å². The van der Waals surface area contributed by atoms with Crippen LogP contribution >= 0.6 is 0 Å². The lowest BCUT2D eigenvalue weighted by atomic mass is 9.92. The van der Waals surface area contributed by atoms with Crippen molar-refractivity contribution in [2.24, 2.45) is 0 Å². The molecule has 124 valence electrons. The summed E-state index contributed by atoms with van der Waals surface area (Å²) in [6.45, 7) is 2.17. The summed E-state index contributed by atoms with van der Waals surface area (Å²) < 4.78 is 0. The van der Waals surface area contributed by atoms with E-state index in [9.17, 15) is 10.2 Å². The lowest BCUT2D eigenvalue weighted by molar-refractivity contribution is 0.195. The maximum Gasteiger partial charge on any atom is 0.282 e. The molecule has 0 unspecified atom stereocenters. The summed E-state index contributed by atoms with van der Waals surface area (Å²) in [7, 11) is 0. The van der Waals surface area contributed by atoms with Gasteiger partial charge in [0.05, 0.1) is 5.57 Å². The van der Waals surface area contributed by atoms with Gasteiger partial charge in [0.25, 0.3) is 5.95 Å². The fourth-order valence-corrected chi connectivity index (χ4v) is 2.53. The Morgan fingerprint density at radius 3 is 2.00 bits per heavy atom. The first-order chi connectivity index (χ1) is 11.7. The normalized spacial score (nSPS) is 11.6. The van der Waals surface area contributed by atoms with Crippen LogP contribution in [0.15, 0.2) is 84.8 Å². The molecule has 0 atom stereocenters. The molecule has 0 aromatic heterocycles. The van der Waals surface area contributed by atoms with Crippen molar-refractivity contribution in [3.8, 4) is 0 Å². The van der Waals surface area contributed by atoms with Crippen molar-refractivity contribution in [1.29, 1.82) is 0 Å². The molecule has 0 aliphatic heterocycles. The topological polar surface area (TPSA) is 40.5 Å². The first-order valence-corrected chi connectivity index (χ1v) is 8.34. The van der Waals surface area contributed by atoms with E-state index in [1.807, 2.05) is 72.8 Å². The van der Waals surface area contributed by atoms with Crippen LogP contribution in [-0.2, 0) is 0 Å². The van der Waals surface area contributed by atoms with Gasteiger partial charge in [-0.2, -0.15) is 0 Å². The summed E-state index contributed by atoms with van der Waals surface area (Å²) in [5.74, 6) is -0.668. The Labute approximate surface area is 144 Å². The van der Waals surface area contributed by atoms with Crippen molar-refractivity contribution in [2.45, 2.75) is 26.2 Å². The fourth-order valence-electron chi connectivity index (χ4n) is 2.53. The van der Waals surface area contributed by atoms with Gasteiger partial charge in [-0.15, -0.1) is 0 Å². The summed E-state index contributed by atoms with van der Waals surface area (Å²) in [5, 5.41) is 19.8. The van der Waals surface area contributed by atoms with Crippen molar-refractivity contribution < 1.29 is 10.2 Å². The number of unbranched alkanes of at least 4 members (excludes halogenated alkanes) is 2. The first-order valence-electron chi connectivity index (χ1n) is 8.34. The van der Waals surface area contributed by atoms with Crippen molar-refractivity contribution in [1.82, 2.24) is 0 Å². The van der Waals surface area contributed by atoms with Crippen LogP contribution in [-0.4, -0.2) is 10.2 Å². The highest BCUT2D eigenvalue weighted by Crippen LogP contribution is 2.32. The van der Waals surface area contributed by atoms with Crippen LogP contribution in [0, 0.1) is 0 Å². The zero-order valence-electron chi connectivity index (χ0n) is 14.0. The number of allylic oxidation sites excluding steroid dienone is 5. The van der Waals surface area contributed by atoms with Crippen molar-refractivity contribution in [3.05, 3.63) is 96.0 Å². The molecule has 2 aromatic rings. The van der Waals surface area contributed by atoms with Gasteiger partial charge in [-0.25, -0.2) is 0 Å². The van der Waals surface area contributed by atoms with Crippen LogP contribution in [0.1, 0.15) is 37.3 Å². The van der Waals surface area contributed by atoms with E-state index < -0.39 is 5.95 Å². The molecule has 0 fully saturated rings. The van der Waals surface area contributed by atoms with Crippen molar-refractivity contribution >= 4 is 11.1 Å². The molecule has 0 radical (unpaired) electrons. The Bertz CT molecular complexity index is 706. The molecule has 2 N–H and O–H groups in total. The van der Waals surface area contributed by atoms with E-state index in [-0.39, 0.29) is 0 Å². The van der Waals surface area contributed by atoms with Gasteiger partial charge in [-0.3, -0.25) is 0 Å². The summed E-state index contributed by atoms with van der Waals surface area (Å²) >= 11 is 0. The van der Waals surface area contributed by atoms with E-state index >= 15 is 0 Å². The Balaban J connectivity index is 2.46. The number of hydrogen-bond donors (Lipinski definition) is 2. The Morgan fingerprint density at radius 1 is 0.875 bits per heavy atom. The van der Waals surface area contributed by atoms with E-state index in [0.29, 0.717) is 5.57 Å². The third kappa shape index (κ3) is 4.88. The Morgan fingerprint density at radius 2 is 1.46 bits per heavy atom. The number of benzene rings is 2. The van der Waals surface area contributed by atoms with Crippen LogP contribution in [0.4, 0.5) is 0 Å². The maximum atomic E-state index is 9.91. The molecule has 2 aromatic carbocycles. The van der Waals surface area contributed by atoms with Crippen LogP contribution < -0.4 is 0 Å². The smallest absolute Gasteiger partial charge is 0.282 e. The SMILES string of the molecule is CCCCC=CC=C(C(=C(O)O)c1ccccc1)c1ccccc1. The van der Waals surface area contributed by atoms with Gasteiger partial charge in [0, 0.05) is 0 Å². The average molecular weight is 320 g/mol. The molecule has 0 heterocycles. The third-order valence-electron chi connectivity index (χ3n) is 3.76. The molecule has 0 saturated heterocycles. The van der Waals surface area contributed by atoms with Gasteiger partial charge in [0.15, 0.2) is 0 Å². The number of rotatable bonds is 7. The van der Waals surface area contributed by atoms with E-state index in [0.717, 1.165) is 36.0 Å². The van der Waals surface area contributed by atoms with E-state index in [1.54, 1.807) is 0 Å². The van der Waals surface area contributed by atoms with Crippen LogP contribution in [0.25, 0.3) is 11.1 Å². The number of aliphatic hydroxyl groups is 2. The fraction of sp³-hybridized carbons (Fsp3) is 0.182. The predicted octanol–water partition coefficient (Wildman–Crippen LogP) is 6.30. The molecule has 0 amide bonds. The Hall–Kier alpha value is -2.74. The van der Waals surface area contributed by atoms with E-state index in [2.05, 4.69) is 13.0 Å². The predicted molar refractivity (Wildman–Crippen MR) is 102 cm³/mol. The minimum absolute atomic E-state index is 0.432. The minimum atomic E-state index is -0.668. The molecular formula is C22H24O2. The van der Waals surface area contributed by atoms with Crippen molar-refractivity contribution in [2.75, 3.05) is 0 Å². The minimum Gasteiger partial charge on any atom is -0.481 e. The second kappa shape index (κ2) is 9.41. The zero-order chi connectivity index (χ0) is 17.2. The molecule has 2 heteroatoms. The largest absolute Gasteiger partial charge is 0.481 e. The van der Waals surface area contributed by atoms with Gasteiger partial charge in [-0.05, 0) is 23.1 Å². The lowest BCUT2D eigenvalue weighted by Gasteiger charge is -2.13. The van der Waals surface area contributed by atoms with Gasteiger partial charge >= 0.3 is 0 Å². The Kier molecular flexibility index (Phi) is 6.91. The van der Waals surface area contributed by atoms with E-state index in [1.165, 1.54) is 0 Å². The maximum absolute atomic E-state index is 9.91. The highest BCUT2D eigenvalue weighted by molar-refractivity contribution is 6.05.